The van der Waals surface area contributed by atoms with Crippen LogP contribution in [0.15, 0.2) is 84.9 Å². The van der Waals surface area contributed by atoms with E-state index in [2.05, 4.69) is 16.7 Å². The largest absolute Gasteiger partial charge is 0.481 e. The molecule has 0 saturated carbocycles. The van der Waals surface area contributed by atoms with E-state index in [0.717, 1.165) is 16.7 Å². The smallest absolute Gasteiger partial charge is 0.309 e. The van der Waals surface area contributed by atoms with Crippen molar-refractivity contribution in [2.75, 3.05) is 6.54 Å². The van der Waals surface area contributed by atoms with E-state index >= 15 is 0 Å². The standard InChI is InChI=1S/C25H25N3O2/c26-15-19-11-13-22(14-12-19)24(28-17-21-9-5-2-6-10-21)23(25(29)30)18-27-16-20-7-3-1-4-8-20/h1-14,23-24,27-28H,16-18H2,(H,29,30). The van der Waals surface area contributed by atoms with Crippen LogP contribution in [0.2, 0.25) is 0 Å². The minimum absolute atomic E-state index is 0.316. The lowest BCUT2D eigenvalue weighted by Gasteiger charge is -2.26. The molecule has 0 saturated heterocycles. The predicted octanol–water partition coefficient (Wildman–Crippen LogP) is 3.88. The van der Waals surface area contributed by atoms with Crippen LogP contribution in [0.3, 0.4) is 0 Å². The molecule has 0 aliphatic heterocycles. The van der Waals surface area contributed by atoms with E-state index in [4.69, 9.17) is 5.26 Å². The highest BCUT2D eigenvalue weighted by Gasteiger charge is 2.29. The van der Waals surface area contributed by atoms with Crippen LogP contribution in [-0.2, 0) is 17.9 Å². The molecule has 30 heavy (non-hydrogen) atoms. The van der Waals surface area contributed by atoms with Gasteiger partial charge in [0.2, 0.25) is 0 Å². The Balaban J connectivity index is 1.76. The van der Waals surface area contributed by atoms with Gasteiger partial charge in [0.25, 0.3) is 0 Å². The molecule has 0 spiro atoms. The molecule has 2 unspecified atom stereocenters. The number of hydrogen-bond acceptors (Lipinski definition) is 4. The number of nitrogens with zero attached hydrogens (tertiary/aromatic N) is 1. The Morgan fingerprint density at radius 2 is 1.43 bits per heavy atom. The Bertz CT molecular complexity index is 967. The van der Waals surface area contributed by atoms with Gasteiger partial charge in [-0.15, -0.1) is 0 Å². The summed E-state index contributed by atoms with van der Waals surface area (Å²) < 4.78 is 0. The number of benzene rings is 3. The summed E-state index contributed by atoms with van der Waals surface area (Å²) in [6, 6.07) is 28.6. The molecule has 0 fully saturated rings. The highest BCUT2D eigenvalue weighted by Crippen LogP contribution is 2.24. The van der Waals surface area contributed by atoms with E-state index < -0.39 is 17.9 Å². The van der Waals surface area contributed by atoms with Gasteiger partial charge in [-0.25, -0.2) is 0 Å². The average Bonchev–Trinajstić information content (AvgIpc) is 2.79. The summed E-state index contributed by atoms with van der Waals surface area (Å²) in [5, 5.41) is 25.7. The third-order valence-electron chi connectivity index (χ3n) is 5.02. The molecule has 152 valence electrons. The summed E-state index contributed by atoms with van der Waals surface area (Å²) >= 11 is 0. The lowest BCUT2D eigenvalue weighted by molar-refractivity contribution is -0.142. The maximum Gasteiger partial charge on any atom is 0.309 e. The number of aliphatic carboxylic acids is 1. The SMILES string of the molecule is N#Cc1ccc(C(NCc2ccccc2)C(CNCc2ccccc2)C(=O)O)cc1. The molecule has 3 aromatic rings. The molecule has 5 heteroatoms. The van der Waals surface area contributed by atoms with Crippen molar-refractivity contribution in [2.45, 2.75) is 19.1 Å². The monoisotopic (exact) mass is 399 g/mol. The molecule has 3 N–H and O–H groups in total. The molecule has 5 nitrogen and oxygen atoms in total. The molecule has 3 rings (SSSR count). The van der Waals surface area contributed by atoms with Gasteiger partial charge in [0.15, 0.2) is 0 Å². The first-order chi connectivity index (χ1) is 14.7. The summed E-state index contributed by atoms with van der Waals surface area (Å²) in [5.41, 5.74) is 3.58. The van der Waals surface area contributed by atoms with Crippen LogP contribution < -0.4 is 10.6 Å². The molecule has 0 radical (unpaired) electrons. The molecule has 3 aromatic carbocycles. The number of rotatable bonds is 10. The zero-order chi connectivity index (χ0) is 21.2. The van der Waals surface area contributed by atoms with Gasteiger partial charge in [0.05, 0.1) is 17.6 Å². The van der Waals surface area contributed by atoms with E-state index in [-0.39, 0.29) is 0 Å². The van der Waals surface area contributed by atoms with Gasteiger partial charge in [-0.05, 0) is 28.8 Å². The molecular weight excluding hydrogens is 374 g/mol. The van der Waals surface area contributed by atoms with Gasteiger partial charge < -0.3 is 15.7 Å². The normalized spacial score (nSPS) is 12.6. The van der Waals surface area contributed by atoms with E-state index in [1.54, 1.807) is 12.1 Å². The van der Waals surface area contributed by atoms with Crippen LogP contribution in [0, 0.1) is 17.2 Å². The third-order valence-corrected chi connectivity index (χ3v) is 5.02. The lowest BCUT2D eigenvalue weighted by atomic mass is 9.91. The second kappa shape index (κ2) is 10.9. The van der Waals surface area contributed by atoms with Crippen molar-refractivity contribution in [1.82, 2.24) is 10.6 Å². The zero-order valence-electron chi connectivity index (χ0n) is 16.7. The fourth-order valence-electron chi connectivity index (χ4n) is 3.40. The second-order valence-electron chi connectivity index (χ2n) is 7.14. The molecule has 0 heterocycles. The molecule has 2 atom stereocenters. The maximum absolute atomic E-state index is 12.2. The van der Waals surface area contributed by atoms with Gasteiger partial charge in [0, 0.05) is 25.7 Å². The number of nitrogens with one attached hydrogen (secondary N) is 2. The highest BCUT2D eigenvalue weighted by molar-refractivity contribution is 5.71. The van der Waals surface area contributed by atoms with Crippen molar-refractivity contribution in [3.63, 3.8) is 0 Å². The maximum atomic E-state index is 12.2. The minimum Gasteiger partial charge on any atom is -0.481 e. The summed E-state index contributed by atoms with van der Waals surface area (Å²) in [5.74, 6) is -1.55. The zero-order valence-corrected chi connectivity index (χ0v) is 16.7. The summed E-state index contributed by atoms with van der Waals surface area (Å²) in [6.45, 7) is 1.47. The van der Waals surface area contributed by atoms with Crippen molar-refractivity contribution in [3.8, 4) is 6.07 Å². The summed E-state index contributed by atoms with van der Waals surface area (Å²) in [7, 11) is 0. The molecule has 0 aliphatic carbocycles. The van der Waals surface area contributed by atoms with Gasteiger partial charge >= 0.3 is 5.97 Å². The first-order valence-corrected chi connectivity index (χ1v) is 9.92. The Morgan fingerprint density at radius 3 is 1.97 bits per heavy atom. The number of carbonyl (C=O) groups is 1. The molecule has 0 bridgehead atoms. The van der Waals surface area contributed by atoms with Crippen molar-refractivity contribution >= 4 is 5.97 Å². The summed E-state index contributed by atoms with van der Waals surface area (Å²) in [4.78, 5) is 12.2. The Kier molecular flexibility index (Phi) is 7.73. The first kappa shape index (κ1) is 21.3. The van der Waals surface area contributed by atoms with E-state index in [0.29, 0.717) is 25.2 Å². The Labute approximate surface area is 177 Å². The van der Waals surface area contributed by atoms with Gasteiger partial charge in [-0.2, -0.15) is 5.26 Å². The second-order valence-corrected chi connectivity index (χ2v) is 7.14. The average molecular weight is 399 g/mol. The number of hydrogen-bond donors (Lipinski definition) is 3. The molecular formula is C25H25N3O2. The van der Waals surface area contributed by atoms with E-state index in [9.17, 15) is 9.90 Å². The third kappa shape index (κ3) is 6.02. The van der Waals surface area contributed by atoms with E-state index in [1.807, 2.05) is 72.8 Å². The van der Waals surface area contributed by atoms with Crippen molar-refractivity contribution < 1.29 is 9.90 Å². The summed E-state index contributed by atoms with van der Waals surface area (Å²) in [6.07, 6.45) is 0. The van der Waals surface area contributed by atoms with Crippen LogP contribution in [0.5, 0.6) is 0 Å². The van der Waals surface area contributed by atoms with Gasteiger partial charge in [0.1, 0.15) is 0 Å². The lowest BCUT2D eigenvalue weighted by Crippen LogP contribution is -2.39. The fourth-order valence-corrected chi connectivity index (χ4v) is 3.40. The van der Waals surface area contributed by atoms with Crippen molar-refractivity contribution in [3.05, 3.63) is 107 Å². The van der Waals surface area contributed by atoms with Crippen LogP contribution in [0.4, 0.5) is 0 Å². The molecule has 0 aromatic heterocycles. The van der Waals surface area contributed by atoms with Crippen molar-refractivity contribution in [1.29, 1.82) is 5.26 Å². The quantitative estimate of drug-likeness (QED) is 0.482. The predicted molar refractivity (Wildman–Crippen MR) is 116 cm³/mol. The topological polar surface area (TPSA) is 85.2 Å². The molecule has 0 amide bonds. The fraction of sp³-hybridized carbons (Fsp3) is 0.200. The van der Waals surface area contributed by atoms with Gasteiger partial charge in [-0.1, -0.05) is 72.8 Å². The van der Waals surface area contributed by atoms with Crippen LogP contribution in [-0.4, -0.2) is 17.6 Å². The number of carboxylic acids is 1. The van der Waals surface area contributed by atoms with Gasteiger partial charge in [-0.3, -0.25) is 4.79 Å². The van der Waals surface area contributed by atoms with Crippen molar-refractivity contribution in [2.24, 2.45) is 5.92 Å². The number of nitriles is 1. The Morgan fingerprint density at radius 1 is 0.867 bits per heavy atom. The Hall–Kier alpha value is -3.46. The van der Waals surface area contributed by atoms with Crippen LogP contribution >= 0.6 is 0 Å². The van der Waals surface area contributed by atoms with Crippen LogP contribution in [0.25, 0.3) is 0 Å². The van der Waals surface area contributed by atoms with E-state index in [1.165, 1.54) is 0 Å². The molecule has 0 aliphatic rings. The minimum atomic E-state index is -0.870. The first-order valence-electron chi connectivity index (χ1n) is 9.92. The highest BCUT2D eigenvalue weighted by atomic mass is 16.4. The van der Waals surface area contributed by atoms with Crippen LogP contribution in [0.1, 0.15) is 28.3 Å². The number of carboxylic acid groups (broad SMARTS) is 1.